The third-order valence-electron chi connectivity index (χ3n) is 3.83. The minimum atomic E-state index is 0.533. The number of nitrogens with zero attached hydrogens (tertiary/aromatic N) is 1. The van der Waals surface area contributed by atoms with Crippen LogP contribution in [0.4, 0.5) is 0 Å². The first-order valence-electron chi connectivity index (χ1n) is 7.48. The Balaban J connectivity index is 2.14. The highest BCUT2D eigenvalue weighted by molar-refractivity contribution is 5.60. The molecule has 0 amide bonds. The molecule has 2 aromatic rings. The summed E-state index contributed by atoms with van der Waals surface area (Å²) in [5.41, 5.74) is 4.45. The molecule has 1 unspecified atom stereocenters. The lowest BCUT2D eigenvalue weighted by Gasteiger charge is -2.13. The van der Waals surface area contributed by atoms with Crippen molar-refractivity contribution in [2.45, 2.75) is 39.8 Å². The zero-order chi connectivity index (χ0) is 15.2. The van der Waals surface area contributed by atoms with Gasteiger partial charge in [0.2, 0.25) is 0 Å². The summed E-state index contributed by atoms with van der Waals surface area (Å²) in [6.45, 7) is 7.33. The highest BCUT2D eigenvalue weighted by Gasteiger charge is 2.05. The molecule has 0 bridgehead atoms. The maximum atomic E-state index is 5.18. The van der Waals surface area contributed by atoms with Crippen molar-refractivity contribution in [1.82, 2.24) is 10.3 Å². The summed E-state index contributed by atoms with van der Waals surface area (Å²) in [6.07, 6.45) is 1.14. The number of benzene rings is 1. The molecule has 1 aromatic carbocycles. The van der Waals surface area contributed by atoms with Crippen LogP contribution in [0.3, 0.4) is 0 Å². The van der Waals surface area contributed by atoms with Gasteiger partial charge >= 0.3 is 0 Å². The van der Waals surface area contributed by atoms with Crippen molar-refractivity contribution < 1.29 is 4.74 Å². The second kappa shape index (κ2) is 7.23. The predicted octanol–water partition coefficient (Wildman–Crippen LogP) is 3.95. The Labute approximate surface area is 127 Å². The van der Waals surface area contributed by atoms with E-state index in [4.69, 9.17) is 9.72 Å². The molecule has 3 heteroatoms. The molecule has 112 valence electrons. The van der Waals surface area contributed by atoms with E-state index in [-0.39, 0.29) is 0 Å². The highest BCUT2D eigenvalue weighted by atomic mass is 16.5. The van der Waals surface area contributed by atoms with Gasteiger partial charge in [-0.25, -0.2) is 0 Å². The van der Waals surface area contributed by atoms with E-state index in [9.17, 15) is 0 Å². The molecule has 0 aliphatic carbocycles. The van der Waals surface area contributed by atoms with Gasteiger partial charge in [-0.05, 0) is 56.2 Å². The summed E-state index contributed by atoms with van der Waals surface area (Å²) in [5, 5.41) is 3.51. The van der Waals surface area contributed by atoms with Crippen molar-refractivity contribution in [3.63, 3.8) is 0 Å². The number of methoxy groups -OCH3 is 1. The number of hydrogen-bond donors (Lipinski definition) is 1. The molecule has 21 heavy (non-hydrogen) atoms. The minimum absolute atomic E-state index is 0.533. The number of pyridine rings is 1. The quantitative estimate of drug-likeness (QED) is 0.872. The second-order valence-electron chi connectivity index (χ2n) is 5.36. The van der Waals surface area contributed by atoms with E-state index in [2.05, 4.69) is 38.2 Å². The molecule has 0 spiro atoms. The van der Waals surface area contributed by atoms with Crippen LogP contribution < -0.4 is 10.1 Å². The maximum absolute atomic E-state index is 5.18. The normalized spacial score (nSPS) is 12.2. The number of rotatable bonds is 6. The lowest BCUT2D eigenvalue weighted by atomic mass is 10.1. The third-order valence-corrected chi connectivity index (χ3v) is 3.83. The van der Waals surface area contributed by atoms with Crippen LogP contribution in [0.15, 0.2) is 36.4 Å². The van der Waals surface area contributed by atoms with Crippen LogP contribution in [0.1, 0.15) is 31.5 Å². The fourth-order valence-electron chi connectivity index (χ4n) is 2.13. The van der Waals surface area contributed by atoms with Crippen molar-refractivity contribution in [2.75, 3.05) is 7.11 Å². The van der Waals surface area contributed by atoms with E-state index < -0.39 is 0 Å². The molecule has 0 saturated carbocycles. The summed E-state index contributed by atoms with van der Waals surface area (Å²) in [5.74, 6) is 0.866. The summed E-state index contributed by atoms with van der Waals surface area (Å²) in [4.78, 5) is 4.72. The Morgan fingerprint density at radius 2 is 1.86 bits per heavy atom. The van der Waals surface area contributed by atoms with E-state index in [0.29, 0.717) is 6.04 Å². The van der Waals surface area contributed by atoms with E-state index in [1.807, 2.05) is 24.3 Å². The van der Waals surface area contributed by atoms with Crippen molar-refractivity contribution in [3.8, 4) is 17.0 Å². The summed E-state index contributed by atoms with van der Waals surface area (Å²) < 4.78 is 5.18. The Morgan fingerprint density at radius 3 is 2.43 bits per heavy atom. The number of nitrogens with one attached hydrogen (secondary N) is 1. The standard InChI is InChI=1S/C18H24N2O/c1-5-13(2)19-12-16-8-11-18(20-14(16)3)15-6-9-17(21-4)10-7-15/h6-11,13,19H,5,12H2,1-4H3. The number of aromatic nitrogens is 1. The van der Waals surface area contributed by atoms with E-state index in [1.165, 1.54) is 5.56 Å². The smallest absolute Gasteiger partial charge is 0.118 e. The molecule has 1 aromatic heterocycles. The van der Waals surface area contributed by atoms with Gasteiger partial charge < -0.3 is 10.1 Å². The fraction of sp³-hybridized carbons (Fsp3) is 0.389. The van der Waals surface area contributed by atoms with Crippen LogP contribution in [-0.2, 0) is 6.54 Å². The number of aryl methyl sites for hydroxylation is 1. The van der Waals surface area contributed by atoms with Crippen molar-refractivity contribution >= 4 is 0 Å². The van der Waals surface area contributed by atoms with Gasteiger partial charge in [0.05, 0.1) is 12.8 Å². The van der Waals surface area contributed by atoms with Crippen LogP contribution in [0.25, 0.3) is 11.3 Å². The van der Waals surface area contributed by atoms with Crippen LogP contribution >= 0.6 is 0 Å². The monoisotopic (exact) mass is 284 g/mol. The van der Waals surface area contributed by atoms with Gasteiger partial charge in [-0.2, -0.15) is 0 Å². The fourth-order valence-corrected chi connectivity index (χ4v) is 2.13. The van der Waals surface area contributed by atoms with Crippen LogP contribution in [0, 0.1) is 6.92 Å². The Kier molecular flexibility index (Phi) is 5.34. The molecule has 0 saturated heterocycles. The van der Waals surface area contributed by atoms with Gasteiger partial charge in [0.1, 0.15) is 5.75 Å². The van der Waals surface area contributed by atoms with Gasteiger partial charge in [-0.1, -0.05) is 13.0 Å². The first-order chi connectivity index (χ1) is 10.1. The van der Waals surface area contributed by atoms with Crippen molar-refractivity contribution in [3.05, 3.63) is 47.7 Å². The lowest BCUT2D eigenvalue weighted by molar-refractivity contribution is 0.415. The highest BCUT2D eigenvalue weighted by Crippen LogP contribution is 2.22. The molecular weight excluding hydrogens is 260 g/mol. The zero-order valence-electron chi connectivity index (χ0n) is 13.3. The Morgan fingerprint density at radius 1 is 1.14 bits per heavy atom. The molecule has 0 radical (unpaired) electrons. The molecule has 3 nitrogen and oxygen atoms in total. The van der Waals surface area contributed by atoms with Crippen molar-refractivity contribution in [1.29, 1.82) is 0 Å². The van der Waals surface area contributed by atoms with Crippen LogP contribution in [0.2, 0.25) is 0 Å². The molecule has 0 aliphatic heterocycles. The van der Waals surface area contributed by atoms with Crippen molar-refractivity contribution in [2.24, 2.45) is 0 Å². The summed E-state index contributed by atoms with van der Waals surface area (Å²) in [7, 11) is 1.68. The van der Waals surface area contributed by atoms with Crippen LogP contribution in [0.5, 0.6) is 5.75 Å². The summed E-state index contributed by atoms with van der Waals surface area (Å²) in [6, 6.07) is 12.8. The largest absolute Gasteiger partial charge is 0.497 e. The van der Waals surface area contributed by atoms with E-state index >= 15 is 0 Å². The van der Waals surface area contributed by atoms with Gasteiger partial charge in [-0.15, -0.1) is 0 Å². The molecule has 1 heterocycles. The van der Waals surface area contributed by atoms with E-state index in [1.54, 1.807) is 7.11 Å². The first-order valence-corrected chi connectivity index (χ1v) is 7.48. The van der Waals surface area contributed by atoms with Gasteiger partial charge in [0.15, 0.2) is 0 Å². The molecule has 1 N–H and O–H groups in total. The molecule has 0 aliphatic rings. The molecule has 1 atom stereocenters. The molecule has 0 fully saturated rings. The predicted molar refractivity (Wildman–Crippen MR) is 87.6 cm³/mol. The topological polar surface area (TPSA) is 34.1 Å². The number of ether oxygens (including phenoxy) is 1. The SMILES string of the molecule is CCC(C)NCc1ccc(-c2ccc(OC)cc2)nc1C. The lowest BCUT2D eigenvalue weighted by Crippen LogP contribution is -2.24. The Bertz CT molecular complexity index is 578. The minimum Gasteiger partial charge on any atom is -0.497 e. The first kappa shape index (κ1) is 15.5. The Hall–Kier alpha value is -1.87. The molecular formula is C18H24N2O. The van der Waals surface area contributed by atoms with Gasteiger partial charge in [0, 0.05) is 23.8 Å². The molecule has 2 rings (SSSR count). The van der Waals surface area contributed by atoms with Gasteiger partial charge in [-0.3, -0.25) is 4.98 Å². The third kappa shape index (κ3) is 4.05. The number of hydrogen-bond acceptors (Lipinski definition) is 3. The zero-order valence-corrected chi connectivity index (χ0v) is 13.3. The maximum Gasteiger partial charge on any atom is 0.118 e. The second-order valence-corrected chi connectivity index (χ2v) is 5.36. The van der Waals surface area contributed by atoms with Crippen LogP contribution in [-0.4, -0.2) is 18.1 Å². The average Bonchev–Trinajstić information content (AvgIpc) is 2.53. The van der Waals surface area contributed by atoms with Gasteiger partial charge in [0.25, 0.3) is 0 Å². The van der Waals surface area contributed by atoms with E-state index in [0.717, 1.165) is 35.7 Å². The average molecular weight is 284 g/mol. The summed E-state index contributed by atoms with van der Waals surface area (Å²) >= 11 is 0.